The fraction of sp³-hybridized carbons (Fsp3) is 0.556. The lowest BCUT2D eigenvalue weighted by Gasteiger charge is -2.24. The lowest BCUT2D eigenvalue weighted by molar-refractivity contribution is 0.0288. The molecule has 1 saturated heterocycles. The molecule has 1 aliphatic heterocycles. The molecule has 1 aliphatic rings. The van der Waals surface area contributed by atoms with E-state index in [1.54, 1.807) is 11.1 Å². The summed E-state index contributed by atoms with van der Waals surface area (Å²) in [4.78, 5) is 22.9. The number of anilines is 2. The van der Waals surface area contributed by atoms with Crippen LogP contribution < -0.4 is 5.32 Å². The molecule has 2 N–H and O–H groups in total. The van der Waals surface area contributed by atoms with Crippen molar-refractivity contribution in [3.05, 3.63) is 29.8 Å². The molecule has 2 aromatic rings. The minimum Gasteiger partial charge on any atom is -0.444 e. The maximum absolute atomic E-state index is 12.2. The van der Waals surface area contributed by atoms with Crippen LogP contribution >= 0.6 is 0 Å². The Hall–Kier alpha value is -2.64. The molecule has 26 heavy (non-hydrogen) atoms. The van der Waals surface area contributed by atoms with Crippen LogP contribution in [0.25, 0.3) is 0 Å². The molecule has 0 saturated carbocycles. The zero-order chi connectivity index (χ0) is 18.7. The number of aromatic nitrogens is 4. The van der Waals surface area contributed by atoms with Gasteiger partial charge in [0.1, 0.15) is 17.2 Å². The molecule has 8 heteroatoms. The highest BCUT2D eigenvalue weighted by atomic mass is 16.6. The highest BCUT2D eigenvalue weighted by Gasteiger charge is 2.30. The van der Waals surface area contributed by atoms with E-state index in [9.17, 15) is 4.79 Å². The van der Waals surface area contributed by atoms with E-state index in [0.717, 1.165) is 30.2 Å². The quantitative estimate of drug-likeness (QED) is 0.872. The van der Waals surface area contributed by atoms with Gasteiger partial charge in [-0.15, -0.1) is 0 Å². The minimum atomic E-state index is -0.469. The van der Waals surface area contributed by atoms with Crippen molar-refractivity contribution >= 4 is 17.7 Å². The Labute approximate surface area is 153 Å². The molecule has 8 nitrogen and oxygen atoms in total. The van der Waals surface area contributed by atoms with Crippen LogP contribution in [0.4, 0.5) is 16.4 Å². The SMILES string of the molecule is Cc1cc(Nc2ccnc(C[C@@H]3CCN(C(=O)OC(C)(C)C)C3)n2)n[nH]1. The van der Waals surface area contributed by atoms with Gasteiger partial charge < -0.3 is 15.0 Å². The van der Waals surface area contributed by atoms with Crippen molar-refractivity contribution in [3.63, 3.8) is 0 Å². The summed E-state index contributed by atoms with van der Waals surface area (Å²) in [5, 5.41) is 10.2. The zero-order valence-corrected chi connectivity index (χ0v) is 15.7. The first kappa shape index (κ1) is 18.2. The van der Waals surface area contributed by atoms with Gasteiger partial charge in [0.25, 0.3) is 0 Å². The van der Waals surface area contributed by atoms with Gasteiger partial charge in [0.2, 0.25) is 0 Å². The summed E-state index contributed by atoms with van der Waals surface area (Å²) in [5.74, 6) is 2.54. The van der Waals surface area contributed by atoms with Crippen LogP contribution in [0.5, 0.6) is 0 Å². The van der Waals surface area contributed by atoms with Gasteiger partial charge in [-0.25, -0.2) is 14.8 Å². The molecule has 1 atom stereocenters. The molecule has 0 aliphatic carbocycles. The Morgan fingerprint density at radius 3 is 2.92 bits per heavy atom. The molecule has 140 valence electrons. The molecule has 0 radical (unpaired) electrons. The largest absolute Gasteiger partial charge is 0.444 e. The van der Waals surface area contributed by atoms with Gasteiger partial charge in [-0.05, 0) is 46.1 Å². The lowest BCUT2D eigenvalue weighted by Crippen LogP contribution is -2.35. The number of hydrogen-bond donors (Lipinski definition) is 2. The summed E-state index contributed by atoms with van der Waals surface area (Å²) in [6.07, 6.45) is 3.16. The Morgan fingerprint density at radius 1 is 1.42 bits per heavy atom. The van der Waals surface area contributed by atoms with Crippen LogP contribution in [0.3, 0.4) is 0 Å². The number of hydrogen-bond acceptors (Lipinski definition) is 6. The maximum atomic E-state index is 12.2. The van der Waals surface area contributed by atoms with Crippen LogP contribution in [0.2, 0.25) is 0 Å². The third-order valence-electron chi connectivity index (χ3n) is 4.08. The number of ether oxygens (including phenoxy) is 1. The van der Waals surface area contributed by atoms with Gasteiger partial charge in [-0.3, -0.25) is 5.10 Å². The van der Waals surface area contributed by atoms with Crippen LogP contribution in [0, 0.1) is 12.8 Å². The Kier molecular flexibility index (Phi) is 5.11. The second kappa shape index (κ2) is 7.31. The Bertz CT molecular complexity index is 767. The zero-order valence-electron chi connectivity index (χ0n) is 15.7. The van der Waals surface area contributed by atoms with E-state index in [1.165, 1.54) is 0 Å². The number of carbonyl (C=O) groups excluding carboxylic acids is 1. The predicted octanol–water partition coefficient (Wildman–Crippen LogP) is 3.05. The average Bonchev–Trinajstić information content (AvgIpc) is 3.15. The standard InChI is InChI=1S/C18H26N6O2/c1-12-9-16(23-22-12)21-14-5-7-19-15(20-14)10-13-6-8-24(11-13)17(25)26-18(2,3)4/h5,7,9,13H,6,8,10-11H2,1-4H3,(H2,19,20,21,22,23)/t13-/m0/s1. The summed E-state index contributed by atoms with van der Waals surface area (Å²) < 4.78 is 5.44. The second-order valence-electron chi connectivity index (χ2n) is 7.70. The molecule has 1 fully saturated rings. The number of carbonyl (C=O) groups is 1. The van der Waals surface area contributed by atoms with Crippen molar-refractivity contribution in [1.82, 2.24) is 25.1 Å². The molecule has 0 spiro atoms. The maximum Gasteiger partial charge on any atom is 0.410 e. The van der Waals surface area contributed by atoms with Crippen LogP contribution in [0.1, 0.15) is 38.7 Å². The van der Waals surface area contributed by atoms with Gasteiger partial charge in [0, 0.05) is 37.5 Å². The fourth-order valence-corrected chi connectivity index (χ4v) is 2.93. The molecular formula is C18H26N6O2. The van der Waals surface area contributed by atoms with E-state index in [1.807, 2.05) is 39.8 Å². The number of nitrogens with zero attached hydrogens (tertiary/aromatic N) is 4. The number of nitrogens with one attached hydrogen (secondary N) is 2. The molecule has 0 unspecified atom stereocenters. The molecule has 0 aromatic carbocycles. The van der Waals surface area contributed by atoms with E-state index in [2.05, 4.69) is 25.5 Å². The van der Waals surface area contributed by atoms with Gasteiger partial charge in [-0.1, -0.05) is 0 Å². The van der Waals surface area contributed by atoms with Crippen LogP contribution in [-0.4, -0.2) is 49.8 Å². The fourth-order valence-electron chi connectivity index (χ4n) is 2.93. The highest BCUT2D eigenvalue weighted by molar-refractivity contribution is 5.68. The highest BCUT2D eigenvalue weighted by Crippen LogP contribution is 2.22. The molecule has 2 aromatic heterocycles. The number of aryl methyl sites for hydroxylation is 1. The van der Waals surface area contributed by atoms with E-state index >= 15 is 0 Å². The summed E-state index contributed by atoms with van der Waals surface area (Å²) in [6, 6.07) is 3.73. The van der Waals surface area contributed by atoms with E-state index in [4.69, 9.17) is 4.74 Å². The molecule has 3 rings (SSSR count). The Balaban J connectivity index is 1.56. The predicted molar refractivity (Wildman–Crippen MR) is 98.3 cm³/mol. The summed E-state index contributed by atoms with van der Waals surface area (Å²) in [6.45, 7) is 8.97. The van der Waals surface area contributed by atoms with E-state index < -0.39 is 5.60 Å². The molecular weight excluding hydrogens is 332 g/mol. The van der Waals surface area contributed by atoms with Crippen molar-refractivity contribution < 1.29 is 9.53 Å². The third-order valence-corrected chi connectivity index (χ3v) is 4.08. The summed E-state index contributed by atoms with van der Waals surface area (Å²) in [5.41, 5.74) is 0.512. The van der Waals surface area contributed by atoms with Crippen LogP contribution in [-0.2, 0) is 11.2 Å². The number of likely N-dealkylation sites (tertiary alicyclic amines) is 1. The topological polar surface area (TPSA) is 96.0 Å². The van der Waals surface area contributed by atoms with Crippen LogP contribution in [0.15, 0.2) is 18.3 Å². The lowest BCUT2D eigenvalue weighted by atomic mass is 10.0. The van der Waals surface area contributed by atoms with Crippen molar-refractivity contribution in [3.8, 4) is 0 Å². The van der Waals surface area contributed by atoms with Gasteiger partial charge in [-0.2, -0.15) is 5.10 Å². The van der Waals surface area contributed by atoms with Crippen molar-refractivity contribution in [2.24, 2.45) is 5.92 Å². The molecule has 3 heterocycles. The summed E-state index contributed by atoms with van der Waals surface area (Å²) in [7, 11) is 0. The third kappa shape index (κ3) is 4.93. The number of rotatable bonds is 4. The van der Waals surface area contributed by atoms with Gasteiger partial charge in [0.05, 0.1) is 0 Å². The normalized spacial score (nSPS) is 17.4. The van der Waals surface area contributed by atoms with Gasteiger partial charge in [0.15, 0.2) is 5.82 Å². The van der Waals surface area contributed by atoms with Crippen molar-refractivity contribution in [1.29, 1.82) is 0 Å². The first-order valence-electron chi connectivity index (χ1n) is 8.87. The van der Waals surface area contributed by atoms with Gasteiger partial charge >= 0.3 is 6.09 Å². The molecule has 1 amide bonds. The second-order valence-corrected chi connectivity index (χ2v) is 7.70. The summed E-state index contributed by atoms with van der Waals surface area (Å²) >= 11 is 0. The number of aromatic amines is 1. The Morgan fingerprint density at radius 2 is 2.23 bits per heavy atom. The van der Waals surface area contributed by atoms with Crippen molar-refractivity contribution in [2.75, 3.05) is 18.4 Å². The van der Waals surface area contributed by atoms with E-state index in [-0.39, 0.29) is 6.09 Å². The monoisotopic (exact) mass is 358 g/mol. The smallest absolute Gasteiger partial charge is 0.410 e. The first-order valence-corrected chi connectivity index (χ1v) is 8.87. The first-order chi connectivity index (χ1) is 12.3. The average molecular weight is 358 g/mol. The minimum absolute atomic E-state index is 0.245. The van der Waals surface area contributed by atoms with E-state index in [0.29, 0.717) is 24.8 Å². The van der Waals surface area contributed by atoms with Crippen molar-refractivity contribution in [2.45, 2.75) is 46.1 Å². The number of H-pyrrole nitrogens is 1. The molecule has 0 bridgehead atoms. The number of amides is 1.